The second-order valence-corrected chi connectivity index (χ2v) is 16.1. The van der Waals surface area contributed by atoms with Crippen LogP contribution in [0.5, 0.6) is 40.2 Å². The molecule has 1 unspecified atom stereocenters. The van der Waals surface area contributed by atoms with Gasteiger partial charge in [-0.1, -0.05) is 6.07 Å². The Morgan fingerprint density at radius 1 is 1.02 bits per heavy atom. The number of rotatable bonds is 3. The molecule has 2 fully saturated rings. The summed E-state index contributed by atoms with van der Waals surface area (Å²) < 4.78 is 36.0. The van der Waals surface area contributed by atoms with E-state index < -0.39 is 53.1 Å². The van der Waals surface area contributed by atoms with Crippen LogP contribution < -0.4 is 29.0 Å². The molecular formula is C39H43N3O11S. The summed E-state index contributed by atoms with van der Waals surface area (Å²) in [6, 6.07) is 3.04. The minimum absolute atomic E-state index is 0.0173. The standard InChI is InChI=1S/C39H43N3O11S/c1-16-9-20-10-22-37(46)42-23-13-50-38(47)39(21-12-25(48-5)24(44)11-19(21)7-8-41(39)4)14-54-36(30(42)29(40-22)26(20)31(45)32(16)49-6)28-27(23)35-34(51-15-52-35)17(2)33(28)53-18(3)43/h9,11-12,22-23,29-30,36-37,40,44-46H,7-8,10,13-15H2,1-6H3/t22-,23-,29+,30?,36+,37-,39+/m0/s1. The summed E-state index contributed by atoms with van der Waals surface area (Å²) in [4.78, 5) is 31.7. The van der Waals surface area contributed by atoms with Crippen LogP contribution in [0.2, 0.25) is 0 Å². The van der Waals surface area contributed by atoms with Crippen molar-refractivity contribution in [1.29, 1.82) is 0 Å². The topological polar surface area (TPSA) is 169 Å². The SMILES string of the molecule is COc1cc2c(cc1O)CCN(C)[C@]21CS[C@@H]2c3c(OC(C)=O)c(C)c4c(c3[C@H](COC1=O)N1C2[C@@H]2N[C@@H](Cc3cc(C)c(OC)c(O)c32)[C@@H]1O)OCO4. The molecule has 10 rings (SSSR count). The van der Waals surface area contributed by atoms with E-state index in [1.807, 2.05) is 36.8 Å². The molecule has 2 saturated heterocycles. The zero-order valence-electron chi connectivity index (χ0n) is 30.8. The van der Waals surface area contributed by atoms with Gasteiger partial charge in [-0.2, -0.15) is 0 Å². The number of hydrogen-bond acceptors (Lipinski definition) is 15. The highest BCUT2D eigenvalue weighted by Gasteiger charge is 2.60. The molecular weight excluding hydrogens is 719 g/mol. The number of aromatic hydroxyl groups is 2. The maximum absolute atomic E-state index is 14.9. The van der Waals surface area contributed by atoms with E-state index in [2.05, 4.69) is 5.32 Å². The Kier molecular flexibility index (Phi) is 8.21. The van der Waals surface area contributed by atoms with Crippen molar-refractivity contribution in [3.8, 4) is 40.2 Å². The number of thioether (sulfide) groups is 1. The number of aryl methyl sites for hydroxylation is 1. The van der Waals surface area contributed by atoms with Crippen LogP contribution in [0.1, 0.15) is 68.8 Å². The lowest BCUT2D eigenvalue weighted by atomic mass is 9.74. The van der Waals surface area contributed by atoms with E-state index in [0.717, 1.165) is 16.7 Å². The summed E-state index contributed by atoms with van der Waals surface area (Å²) in [6.07, 6.45) is -0.0425. The number of fused-ring (bicyclic) bond motifs is 9. The van der Waals surface area contributed by atoms with Crippen molar-refractivity contribution in [2.75, 3.05) is 47.0 Å². The Balaban J connectivity index is 1.32. The van der Waals surface area contributed by atoms with Gasteiger partial charge >= 0.3 is 11.9 Å². The molecule has 0 aliphatic carbocycles. The molecule has 286 valence electrons. The fraction of sp³-hybridized carbons (Fsp3) is 0.487. The molecule has 7 aliphatic rings. The van der Waals surface area contributed by atoms with Gasteiger partial charge in [0.05, 0.1) is 37.6 Å². The number of phenols is 2. The summed E-state index contributed by atoms with van der Waals surface area (Å²) >= 11 is 1.48. The van der Waals surface area contributed by atoms with Gasteiger partial charge in [-0.15, -0.1) is 11.8 Å². The molecule has 7 atom stereocenters. The predicted octanol–water partition coefficient (Wildman–Crippen LogP) is 3.41. The highest BCUT2D eigenvalue weighted by Crippen LogP contribution is 2.63. The van der Waals surface area contributed by atoms with Crippen molar-refractivity contribution in [2.45, 2.75) is 74.8 Å². The number of phenolic OH excluding ortho intramolecular Hbond substituents is 2. The molecule has 15 heteroatoms. The third kappa shape index (κ3) is 4.74. The molecule has 3 aromatic carbocycles. The number of piperazine rings is 1. The lowest BCUT2D eigenvalue weighted by Gasteiger charge is -2.59. The highest BCUT2D eigenvalue weighted by molar-refractivity contribution is 7.99. The number of aliphatic hydroxyl groups excluding tert-OH is 1. The molecule has 0 aromatic heterocycles. The summed E-state index contributed by atoms with van der Waals surface area (Å²) in [5, 5.41) is 38.2. The van der Waals surface area contributed by atoms with Crippen molar-refractivity contribution >= 4 is 23.7 Å². The lowest BCUT2D eigenvalue weighted by molar-refractivity contribution is -0.169. The minimum Gasteiger partial charge on any atom is -0.504 e. The number of ether oxygens (including phenoxy) is 6. The smallest absolute Gasteiger partial charge is 0.332 e. The van der Waals surface area contributed by atoms with Gasteiger partial charge in [-0.05, 0) is 68.1 Å². The molecule has 4 bridgehead atoms. The quantitative estimate of drug-likeness (QED) is 0.226. The van der Waals surface area contributed by atoms with Crippen LogP contribution in [0.3, 0.4) is 0 Å². The predicted molar refractivity (Wildman–Crippen MR) is 195 cm³/mol. The molecule has 7 heterocycles. The monoisotopic (exact) mass is 761 g/mol. The first kappa shape index (κ1) is 35.3. The van der Waals surface area contributed by atoms with E-state index in [9.17, 15) is 24.9 Å². The van der Waals surface area contributed by atoms with Crippen LogP contribution >= 0.6 is 11.8 Å². The number of likely N-dealkylation sites (N-methyl/N-ethyl adjacent to an activating group) is 1. The van der Waals surface area contributed by atoms with Crippen molar-refractivity contribution < 1.29 is 53.3 Å². The number of aliphatic hydroxyl groups is 1. The minimum atomic E-state index is -1.31. The number of esters is 2. The molecule has 7 aliphatic heterocycles. The summed E-state index contributed by atoms with van der Waals surface area (Å²) in [5.41, 5.74) is 4.39. The average molecular weight is 762 g/mol. The van der Waals surface area contributed by atoms with Gasteiger partial charge in [0.15, 0.2) is 40.0 Å². The summed E-state index contributed by atoms with van der Waals surface area (Å²) in [5.74, 6) is 0.986. The first-order valence-corrected chi connectivity index (χ1v) is 19.1. The summed E-state index contributed by atoms with van der Waals surface area (Å²) in [7, 11) is 4.89. The van der Waals surface area contributed by atoms with E-state index in [-0.39, 0.29) is 36.4 Å². The zero-order chi connectivity index (χ0) is 38.0. The number of carbonyl (C=O) groups excluding carboxylic acids is 2. The van der Waals surface area contributed by atoms with Gasteiger partial charge in [-0.25, -0.2) is 4.79 Å². The lowest BCUT2D eigenvalue weighted by Crippen LogP contribution is -2.69. The zero-order valence-corrected chi connectivity index (χ0v) is 31.7. The number of nitrogens with zero attached hydrogens (tertiary/aromatic N) is 2. The van der Waals surface area contributed by atoms with E-state index in [1.54, 1.807) is 12.1 Å². The molecule has 14 nitrogen and oxygen atoms in total. The van der Waals surface area contributed by atoms with Gasteiger partial charge in [-0.3, -0.25) is 14.6 Å². The first-order valence-electron chi connectivity index (χ1n) is 18.1. The van der Waals surface area contributed by atoms with Crippen molar-refractivity contribution in [2.24, 2.45) is 0 Å². The third-order valence-corrected chi connectivity index (χ3v) is 13.7. The van der Waals surface area contributed by atoms with E-state index >= 15 is 0 Å². The number of nitrogens with one attached hydrogen (secondary N) is 1. The number of benzene rings is 3. The molecule has 0 amide bonds. The second-order valence-electron chi connectivity index (χ2n) is 15.0. The Bertz CT molecular complexity index is 2130. The maximum Gasteiger partial charge on any atom is 0.332 e. The Labute approximate surface area is 316 Å². The van der Waals surface area contributed by atoms with E-state index in [4.69, 9.17) is 28.4 Å². The van der Waals surface area contributed by atoms with Crippen LogP contribution in [-0.2, 0) is 32.7 Å². The van der Waals surface area contributed by atoms with Gasteiger partial charge in [0.1, 0.15) is 18.6 Å². The van der Waals surface area contributed by atoms with E-state index in [0.29, 0.717) is 70.2 Å². The normalized spacial score (nSPS) is 29.4. The number of methoxy groups -OCH3 is 2. The first-order chi connectivity index (χ1) is 25.9. The Morgan fingerprint density at radius 2 is 1.80 bits per heavy atom. The average Bonchev–Trinajstić information content (AvgIpc) is 3.64. The molecule has 3 aromatic rings. The molecule has 0 saturated carbocycles. The number of hydrogen-bond donors (Lipinski definition) is 4. The van der Waals surface area contributed by atoms with Gasteiger partial charge in [0.25, 0.3) is 0 Å². The van der Waals surface area contributed by atoms with Crippen LogP contribution in [0.25, 0.3) is 0 Å². The summed E-state index contributed by atoms with van der Waals surface area (Å²) in [6.45, 7) is 5.32. The fourth-order valence-corrected chi connectivity index (χ4v) is 11.7. The van der Waals surface area contributed by atoms with Crippen molar-refractivity contribution in [1.82, 2.24) is 15.1 Å². The Morgan fingerprint density at radius 3 is 2.54 bits per heavy atom. The van der Waals surface area contributed by atoms with Crippen molar-refractivity contribution in [3.05, 3.63) is 62.7 Å². The molecule has 1 spiro atoms. The number of carbonyl (C=O) groups is 2. The van der Waals surface area contributed by atoms with Gasteiger partial charge in [0.2, 0.25) is 6.79 Å². The van der Waals surface area contributed by atoms with E-state index in [1.165, 1.54) is 32.9 Å². The third-order valence-electron chi connectivity index (χ3n) is 12.3. The van der Waals surface area contributed by atoms with Gasteiger partial charge in [0, 0.05) is 47.5 Å². The molecule has 4 N–H and O–H groups in total. The highest BCUT2D eigenvalue weighted by atomic mass is 32.2. The molecule has 0 radical (unpaired) electrons. The molecule has 54 heavy (non-hydrogen) atoms. The van der Waals surface area contributed by atoms with Crippen LogP contribution in [0.15, 0.2) is 18.2 Å². The largest absolute Gasteiger partial charge is 0.504 e. The fourth-order valence-electron chi connectivity index (χ4n) is 9.90. The van der Waals surface area contributed by atoms with Gasteiger partial charge < -0.3 is 49.1 Å². The van der Waals surface area contributed by atoms with Crippen LogP contribution in [0, 0.1) is 13.8 Å². The second kappa shape index (κ2) is 12.6. The maximum atomic E-state index is 14.9. The van der Waals surface area contributed by atoms with Crippen LogP contribution in [0.4, 0.5) is 0 Å². The van der Waals surface area contributed by atoms with Crippen LogP contribution in [-0.4, -0.2) is 102 Å². The van der Waals surface area contributed by atoms with Crippen molar-refractivity contribution in [3.63, 3.8) is 0 Å². The Hall–Kier alpha value is -4.41.